The number of ether oxygens (including phenoxy) is 2. The minimum atomic E-state index is -0.0601. The summed E-state index contributed by atoms with van der Waals surface area (Å²) in [7, 11) is 1.56. The average Bonchev–Trinajstić information content (AvgIpc) is 3.00. The van der Waals surface area contributed by atoms with E-state index >= 15 is 0 Å². The molecule has 0 bridgehead atoms. The Morgan fingerprint density at radius 2 is 2.30 bits per heavy atom. The SMILES string of the molecule is CCC1OC(n2cc3c(OC)nc(N)nc3n2)CC1C. The molecule has 20 heavy (non-hydrogen) atoms. The highest BCUT2D eigenvalue weighted by atomic mass is 16.5. The fraction of sp³-hybridized carbons (Fsp3) is 0.615. The fourth-order valence-electron chi connectivity index (χ4n) is 2.75. The van der Waals surface area contributed by atoms with E-state index < -0.39 is 0 Å². The van der Waals surface area contributed by atoms with Crippen LogP contribution in [0, 0.1) is 5.92 Å². The molecule has 2 N–H and O–H groups in total. The van der Waals surface area contributed by atoms with Gasteiger partial charge in [0.2, 0.25) is 11.8 Å². The molecule has 0 amide bonds. The third kappa shape index (κ3) is 2.07. The van der Waals surface area contributed by atoms with Gasteiger partial charge in [-0.15, -0.1) is 5.10 Å². The Balaban J connectivity index is 1.98. The molecule has 3 rings (SSSR count). The maximum Gasteiger partial charge on any atom is 0.229 e. The lowest BCUT2D eigenvalue weighted by atomic mass is 10.0. The second-order valence-corrected chi connectivity index (χ2v) is 5.19. The van der Waals surface area contributed by atoms with Crippen molar-refractivity contribution < 1.29 is 9.47 Å². The number of hydrogen-bond acceptors (Lipinski definition) is 6. The van der Waals surface area contributed by atoms with Gasteiger partial charge in [-0.05, 0) is 18.8 Å². The van der Waals surface area contributed by atoms with Crippen LogP contribution in [0.2, 0.25) is 0 Å². The molecule has 108 valence electrons. The topological polar surface area (TPSA) is 88.1 Å². The molecule has 3 unspecified atom stereocenters. The Hall–Kier alpha value is -1.89. The molecular formula is C13H19N5O2. The lowest BCUT2D eigenvalue weighted by molar-refractivity contribution is -0.0113. The molecule has 0 radical (unpaired) electrons. The lowest BCUT2D eigenvalue weighted by Gasteiger charge is -2.12. The number of hydrogen-bond donors (Lipinski definition) is 1. The molecule has 0 spiro atoms. The summed E-state index contributed by atoms with van der Waals surface area (Å²) in [6, 6.07) is 0. The van der Waals surface area contributed by atoms with E-state index in [0.717, 1.165) is 18.2 Å². The van der Waals surface area contributed by atoms with Gasteiger partial charge >= 0.3 is 0 Å². The minimum absolute atomic E-state index is 0.0601. The molecule has 2 aromatic heterocycles. The summed E-state index contributed by atoms with van der Waals surface area (Å²) in [6.07, 6.45) is 4.04. The van der Waals surface area contributed by atoms with E-state index in [1.807, 2.05) is 6.20 Å². The first kappa shape index (κ1) is 13.1. The van der Waals surface area contributed by atoms with Crippen LogP contribution in [-0.2, 0) is 4.74 Å². The normalized spacial score (nSPS) is 26.2. The van der Waals surface area contributed by atoms with E-state index in [1.165, 1.54) is 0 Å². The molecule has 7 heteroatoms. The fourth-order valence-corrected chi connectivity index (χ4v) is 2.75. The Morgan fingerprint density at radius 3 is 2.95 bits per heavy atom. The second kappa shape index (κ2) is 4.90. The summed E-state index contributed by atoms with van der Waals surface area (Å²) in [6.45, 7) is 4.34. The molecule has 2 aromatic rings. The van der Waals surface area contributed by atoms with Crippen molar-refractivity contribution in [3.63, 3.8) is 0 Å². The van der Waals surface area contributed by atoms with Crippen LogP contribution < -0.4 is 10.5 Å². The summed E-state index contributed by atoms with van der Waals surface area (Å²) in [5, 5.41) is 5.20. The average molecular weight is 277 g/mol. The van der Waals surface area contributed by atoms with Crippen LogP contribution in [0.3, 0.4) is 0 Å². The number of methoxy groups -OCH3 is 1. The molecule has 1 aliphatic heterocycles. The Bertz CT molecular complexity index is 626. The van der Waals surface area contributed by atoms with Crippen LogP contribution in [0.4, 0.5) is 5.95 Å². The number of fused-ring (bicyclic) bond motifs is 1. The summed E-state index contributed by atoms with van der Waals surface area (Å²) >= 11 is 0. The minimum Gasteiger partial charge on any atom is -0.480 e. The largest absolute Gasteiger partial charge is 0.480 e. The van der Waals surface area contributed by atoms with Crippen molar-refractivity contribution in [2.75, 3.05) is 12.8 Å². The van der Waals surface area contributed by atoms with Gasteiger partial charge in [0, 0.05) is 6.20 Å². The molecular weight excluding hydrogens is 258 g/mol. The van der Waals surface area contributed by atoms with Crippen molar-refractivity contribution in [1.82, 2.24) is 19.7 Å². The molecule has 0 aliphatic carbocycles. The van der Waals surface area contributed by atoms with E-state index in [0.29, 0.717) is 17.4 Å². The number of nitrogen functional groups attached to an aromatic ring is 1. The van der Waals surface area contributed by atoms with Crippen LogP contribution in [-0.4, -0.2) is 33.0 Å². The van der Waals surface area contributed by atoms with Crippen LogP contribution in [0.15, 0.2) is 6.20 Å². The predicted octanol–water partition coefficient (Wildman–Crippen LogP) is 1.75. The van der Waals surface area contributed by atoms with Crippen molar-refractivity contribution in [1.29, 1.82) is 0 Å². The highest BCUT2D eigenvalue weighted by Gasteiger charge is 2.32. The van der Waals surface area contributed by atoms with E-state index in [4.69, 9.17) is 15.2 Å². The third-order valence-electron chi connectivity index (χ3n) is 3.81. The summed E-state index contributed by atoms with van der Waals surface area (Å²) in [5.74, 6) is 1.12. The summed E-state index contributed by atoms with van der Waals surface area (Å²) in [4.78, 5) is 8.19. The van der Waals surface area contributed by atoms with Gasteiger partial charge in [-0.3, -0.25) is 0 Å². The standard InChI is InChI=1S/C13H19N5O2/c1-4-9-7(2)5-10(20-9)18-6-8-11(17-18)15-13(14)16-12(8)19-3/h6-7,9-10H,4-5H2,1-3H3,(H2,14,15,17). The molecule has 1 saturated heterocycles. The first-order chi connectivity index (χ1) is 9.62. The van der Waals surface area contributed by atoms with Crippen molar-refractivity contribution >= 4 is 17.0 Å². The van der Waals surface area contributed by atoms with E-state index in [2.05, 4.69) is 28.9 Å². The summed E-state index contributed by atoms with van der Waals surface area (Å²) < 4.78 is 13.0. The van der Waals surface area contributed by atoms with Crippen molar-refractivity contribution in [2.45, 2.75) is 39.0 Å². The van der Waals surface area contributed by atoms with E-state index in [9.17, 15) is 0 Å². The van der Waals surface area contributed by atoms with Crippen LogP contribution in [0.5, 0.6) is 5.88 Å². The number of nitrogens with two attached hydrogens (primary N) is 1. The molecule has 0 saturated carbocycles. The first-order valence-corrected chi connectivity index (χ1v) is 6.84. The first-order valence-electron chi connectivity index (χ1n) is 6.84. The monoisotopic (exact) mass is 277 g/mol. The Kier molecular flexibility index (Phi) is 3.21. The Morgan fingerprint density at radius 1 is 1.50 bits per heavy atom. The quantitative estimate of drug-likeness (QED) is 0.919. The van der Waals surface area contributed by atoms with E-state index in [1.54, 1.807) is 11.8 Å². The predicted molar refractivity (Wildman–Crippen MR) is 74.3 cm³/mol. The molecule has 1 fully saturated rings. The smallest absolute Gasteiger partial charge is 0.229 e. The number of aromatic nitrogens is 4. The molecule has 3 heterocycles. The molecule has 0 aromatic carbocycles. The highest BCUT2D eigenvalue weighted by molar-refractivity contribution is 5.80. The van der Waals surface area contributed by atoms with Crippen LogP contribution >= 0.6 is 0 Å². The highest BCUT2D eigenvalue weighted by Crippen LogP contribution is 2.35. The van der Waals surface area contributed by atoms with Gasteiger partial charge in [0.1, 0.15) is 5.39 Å². The number of anilines is 1. The molecule has 7 nitrogen and oxygen atoms in total. The maximum absolute atomic E-state index is 6.02. The van der Waals surface area contributed by atoms with E-state index in [-0.39, 0.29) is 18.3 Å². The second-order valence-electron chi connectivity index (χ2n) is 5.19. The van der Waals surface area contributed by atoms with Gasteiger partial charge in [0.25, 0.3) is 0 Å². The van der Waals surface area contributed by atoms with Gasteiger partial charge in [-0.1, -0.05) is 13.8 Å². The van der Waals surface area contributed by atoms with Crippen LogP contribution in [0.1, 0.15) is 32.9 Å². The van der Waals surface area contributed by atoms with Crippen molar-refractivity contribution in [2.24, 2.45) is 5.92 Å². The number of nitrogens with zero attached hydrogens (tertiary/aromatic N) is 4. The zero-order valence-electron chi connectivity index (χ0n) is 11.9. The Labute approximate surface area is 117 Å². The summed E-state index contributed by atoms with van der Waals surface area (Å²) in [5.41, 5.74) is 6.18. The third-order valence-corrected chi connectivity index (χ3v) is 3.81. The van der Waals surface area contributed by atoms with Crippen molar-refractivity contribution in [3.8, 4) is 5.88 Å². The zero-order chi connectivity index (χ0) is 14.3. The zero-order valence-corrected chi connectivity index (χ0v) is 11.9. The molecule has 3 atom stereocenters. The van der Waals surface area contributed by atoms with Crippen LogP contribution in [0.25, 0.3) is 11.0 Å². The molecule has 1 aliphatic rings. The number of rotatable bonds is 3. The van der Waals surface area contributed by atoms with Gasteiger partial charge in [-0.25, -0.2) is 4.68 Å². The van der Waals surface area contributed by atoms with Crippen molar-refractivity contribution in [3.05, 3.63) is 6.20 Å². The maximum atomic E-state index is 6.02. The van der Waals surface area contributed by atoms with Gasteiger partial charge < -0.3 is 15.2 Å². The van der Waals surface area contributed by atoms with Gasteiger partial charge in [-0.2, -0.15) is 9.97 Å². The van der Waals surface area contributed by atoms with Gasteiger partial charge in [0.15, 0.2) is 11.9 Å². The lowest BCUT2D eigenvalue weighted by Crippen LogP contribution is -2.12. The van der Waals surface area contributed by atoms with Gasteiger partial charge in [0.05, 0.1) is 13.2 Å².